The number of nitrogens with zero attached hydrogens (tertiary/aromatic N) is 3. The number of carbonyl (C=O) groups excluding carboxylic acids is 2. The summed E-state index contributed by atoms with van der Waals surface area (Å²) < 4.78 is 0. The fourth-order valence-electron chi connectivity index (χ4n) is 1.39. The maximum absolute atomic E-state index is 11.6. The second-order valence-electron chi connectivity index (χ2n) is 4.21. The molecule has 1 rings (SSSR count). The first-order chi connectivity index (χ1) is 8.97. The second-order valence-corrected chi connectivity index (χ2v) is 5.07. The second kappa shape index (κ2) is 7.17. The smallest absolute Gasteiger partial charge is 0.294 e. The van der Waals surface area contributed by atoms with E-state index in [1.807, 2.05) is 17.2 Å². The minimum absolute atomic E-state index is 0.0389. The highest BCUT2D eigenvalue weighted by Gasteiger charge is 2.14. The topological polar surface area (TPSA) is 91.6 Å². The average Bonchev–Trinajstić information content (AvgIpc) is 2.85. The third-order valence-electron chi connectivity index (χ3n) is 2.57. The first-order valence-electron chi connectivity index (χ1n) is 5.85. The SMILES string of the molecule is CCN(CC(=O)N(C)C)Cc1csc(C(=O)NN)n1. The Morgan fingerprint density at radius 2 is 2.16 bits per heavy atom. The number of amides is 2. The molecule has 1 heterocycles. The van der Waals surface area contributed by atoms with Crippen LogP contribution in [-0.2, 0) is 11.3 Å². The van der Waals surface area contributed by atoms with Crippen molar-refractivity contribution in [1.82, 2.24) is 20.2 Å². The van der Waals surface area contributed by atoms with Crippen molar-refractivity contribution >= 4 is 23.2 Å². The lowest BCUT2D eigenvalue weighted by atomic mass is 10.4. The van der Waals surface area contributed by atoms with Crippen molar-refractivity contribution in [3.63, 3.8) is 0 Å². The summed E-state index contributed by atoms with van der Waals surface area (Å²) >= 11 is 1.23. The monoisotopic (exact) mass is 285 g/mol. The highest BCUT2D eigenvalue weighted by molar-refractivity contribution is 7.11. The molecule has 8 heteroatoms. The predicted molar refractivity (Wildman–Crippen MR) is 73.4 cm³/mol. The molecule has 0 bridgehead atoms. The van der Waals surface area contributed by atoms with Gasteiger partial charge in [-0.3, -0.25) is 19.9 Å². The van der Waals surface area contributed by atoms with Gasteiger partial charge in [0.2, 0.25) is 5.91 Å². The van der Waals surface area contributed by atoms with E-state index in [9.17, 15) is 9.59 Å². The van der Waals surface area contributed by atoms with E-state index in [1.54, 1.807) is 24.4 Å². The minimum atomic E-state index is -0.399. The molecular weight excluding hydrogens is 266 g/mol. The van der Waals surface area contributed by atoms with Crippen LogP contribution in [0.4, 0.5) is 0 Å². The molecule has 1 aromatic rings. The van der Waals surface area contributed by atoms with Gasteiger partial charge in [-0.25, -0.2) is 10.8 Å². The molecule has 1 aromatic heterocycles. The van der Waals surface area contributed by atoms with Crippen LogP contribution >= 0.6 is 11.3 Å². The predicted octanol–water partition coefficient (Wildman–Crippen LogP) is -0.343. The third-order valence-corrected chi connectivity index (χ3v) is 3.46. The fourth-order valence-corrected chi connectivity index (χ4v) is 2.10. The number of hydrogen-bond donors (Lipinski definition) is 2. The highest BCUT2D eigenvalue weighted by Crippen LogP contribution is 2.11. The van der Waals surface area contributed by atoms with Crippen molar-refractivity contribution in [2.75, 3.05) is 27.2 Å². The molecular formula is C11H19N5O2S. The molecule has 0 unspecified atom stereocenters. The fraction of sp³-hybridized carbons (Fsp3) is 0.545. The number of thiazole rings is 1. The molecule has 106 valence electrons. The molecule has 2 amide bonds. The number of hydrazine groups is 1. The third kappa shape index (κ3) is 4.58. The van der Waals surface area contributed by atoms with Gasteiger partial charge >= 0.3 is 0 Å². The molecule has 0 saturated heterocycles. The summed E-state index contributed by atoms with van der Waals surface area (Å²) in [4.78, 5) is 30.6. The maximum atomic E-state index is 11.6. The number of likely N-dealkylation sites (N-methyl/N-ethyl adjacent to an activating group) is 2. The van der Waals surface area contributed by atoms with Gasteiger partial charge in [-0.2, -0.15) is 0 Å². The first kappa shape index (κ1) is 15.5. The summed E-state index contributed by atoms with van der Waals surface area (Å²) in [6.07, 6.45) is 0. The summed E-state index contributed by atoms with van der Waals surface area (Å²) in [6.45, 7) is 3.57. The highest BCUT2D eigenvalue weighted by atomic mass is 32.1. The van der Waals surface area contributed by atoms with Crippen molar-refractivity contribution in [1.29, 1.82) is 0 Å². The van der Waals surface area contributed by atoms with Crippen LogP contribution in [-0.4, -0.2) is 53.8 Å². The molecule has 0 saturated carbocycles. The van der Waals surface area contributed by atoms with Crippen LogP contribution in [0.2, 0.25) is 0 Å². The van der Waals surface area contributed by atoms with E-state index in [1.165, 1.54) is 11.3 Å². The zero-order chi connectivity index (χ0) is 14.4. The molecule has 0 aliphatic carbocycles. The largest absolute Gasteiger partial charge is 0.348 e. The molecule has 7 nitrogen and oxygen atoms in total. The number of nitrogens with two attached hydrogens (primary N) is 1. The number of hydrogen-bond acceptors (Lipinski definition) is 6. The van der Waals surface area contributed by atoms with Crippen LogP contribution in [0, 0.1) is 0 Å². The van der Waals surface area contributed by atoms with Crippen LogP contribution in [0.1, 0.15) is 22.4 Å². The number of carbonyl (C=O) groups is 2. The van der Waals surface area contributed by atoms with Crippen LogP contribution in [0.5, 0.6) is 0 Å². The van der Waals surface area contributed by atoms with Crippen LogP contribution < -0.4 is 11.3 Å². The van der Waals surface area contributed by atoms with Gasteiger partial charge in [0, 0.05) is 26.0 Å². The van der Waals surface area contributed by atoms with E-state index >= 15 is 0 Å². The summed E-state index contributed by atoms with van der Waals surface area (Å²) in [5.74, 6) is 4.69. The van der Waals surface area contributed by atoms with Crippen molar-refractivity contribution in [3.8, 4) is 0 Å². The minimum Gasteiger partial charge on any atom is -0.348 e. The van der Waals surface area contributed by atoms with Crippen LogP contribution in [0.15, 0.2) is 5.38 Å². The zero-order valence-corrected chi connectivity index (χ0v) is 12.2. The summed E-state index contributed by atoms with van der Waals surface area (Å²) in [5.41, 5.74) is 2.80. The van der Waals surface area contributed by atoms with Crippen molar-refractivity contribution in [2.24, 2.45) is 5.84 Å². The van der Waals surface area contributed by atoms with E-state index < -0.39 is 5.91 Å². The average molecular weight is 285 g/mol. The van der Waals surface area contributed by atoms with E-state index in [-0.39, 0.29) is 5.91 Å². The Morgan fingerprint density at radius 3 is 2.68 bits per heavy atom. The number of nitrogen functional groups attached to an aromatic ring is 1. The van der Waals surface area contributed by atoms with E-state index in [0.717, 1.165) is 12.2 Å². The van der Waals surface area contributed by atoms with Gasteiger partial charge in [0.1, 0.15) is 0 Å². The van der Waals surface area contributed by atoms with Crippen molar-refractivity contribution < 1.29 is 9.59 Å². The Kier molecular flexibility index (Phi) is 5.87. The zero-order valence-electron chi connectivity index (χ0n) is 11.3. The molecule has 0 aliphatic heterocycles. The van der Waals surface area contributed by atoms with Crippen LogP contribution in [0.3, 0.4) is 0 Å². The van der Waals surface area contributed by atoms with Crippen molar-refractivity contribution in [2.45, 2.75) is 13.5 Å². The van der Waals surface area contributed by atoms with Gasteiger partial charge < -0.3 is 4.90 Å². The lowest BCUT2D eigenvalue weighted by Gasteiger charge is -2.20. The molecule has 0 fully saturated rings. The molecule has 0 spiro atoms. The number of rotatable bonds is 6. The first-order valence-corrected chi connectivity index (χ1v) is 6.73. The van der Waals surface area contributed by atoms with Crippen molar-refractivity contribution in [3.05, 3.63) is 16.1 Å². The molecule has 19 heavy (non-hydrogen) atoms. The standard InChI is InChI=1S/C11H19N5O2S/c1-4-16(6-9(17)15(2)3)5-8-7-19-11(13-8)10(18)14-12/h7H,4-6,12H2,1-3H3,(H,14,18). The molecule has 0 aliphatic rings. The maximum Gasteiger partial charge on any atom is 0.294 e. The summed E-state index contributed by atoms with van der Waals surface area (Å²) in [5, 5.41) is 2.13. The molecule has 0 aromatic carbocycles. The summed E-state index contributed by atoms with van der Waals surface area (Å²) in [7, 11) is 3.45. The Balaban J connectivity index is 2.63. The molecule has 3 N–H and O–H groups in total. The van der Waals surface area contributed by atoms with E-state index in [4.69, 9.17) is 5.84 Å². The normalized spacial score (nSPS) is 10.6. The summed E-state index contributed by atoms with van der Waals surface area (Å²) in [6, 6.07) is 0. The lowest BCUT2D eigenvalue weighted by Crippen LogP contribution is -2.36. The van der Waals surface area contributed by atoms with Gasteiger partial charge in [-0.15, -0.1) is 11.3 Å². The Bertz CT molecular complexity index is 446. The van der Waals surface area contributed by atoms with Gasteiger partial charge in [0.25, 0.3) is 5.91 Å². The van der Waals surface area contributed by atoms with Crippen LogP contribution in [0.25, 0.3) is 0 Å². The van der Waals surface area contributed by atoms with Gasteiger partial charge in [-0.1, -0.05) is 6.92 Å². The Labute approximate surface area is 116 Å². The van der Waals surface area contributed by atoms with Gasteiger partial charge in [0.05, 0.1) is 12.2 Å². The van der Waals surface area contributed by atoms with E-state index in [2.05, 4.69) is 4.98 Å². The lowest BCUT2D eigenvalue weighted by molar-refractivity contribution is -0.130. The molecule has 0 atom stereocenters. The Hall–Kier alpha value is -1.51. The quantitative estimate of drug-likeness (QED) is 0.424. The van der Waals surface area contributed by atoms with Gasteiger partial charge in [0.15, 0.2) is 5.01 Å². The number of aromatic nitrogens is 1. The van der Waals surface area contributed by atoms with E-state index in [0.29, 0.717) is 18.1 Å². The van der Waals surface area contributed by atoms with Gasteiger partial charge in [-0.05, 0) is 6.54 Å². The number of nitrogens with one attached hydrogen (secondary N) is 1. The Morgan fingerprint density at radius 1 is 1.47 bits per heavy atom. The molecule has 0 radical (unpaired) electrons.